The van der Waals surface area contributed by atoms with Crippen molar-refractivity contribution in [2.24, 2.45) is 0 Å². The highest BCUT2D eigenvalue weighted by Gasteiger charge is 2.32. The molecular weight excluding hydrogens is 384 g/mol. The number of hydrogen-bond donors (Lipinski definition) is 2. The summed E-state index contributed by atoms with van der Waals surface area (Å²) in [6, 6.07) is 17.2. The zero-order valence-corrected chi connectivity index (χ0v) is 17.6. The Labute approximate surface area is 177 Å². The van der Waals surface area contributed by atoms with E-state index < -0.39 is 6.04 Å². The van der Waals surface area contributed by atoms with Gasteiger partial charge >= 0.3 is 5.97 Å². The van der Waals surface area contributed by atoms with Gasteiger partial charge in [-0.05, 0) is 37.2 Å². The fourth-order valence-corrected chi connectivity index (χ4v) is 3.52. The molecule has 0 unspecified atom stereocenters. The molecule has 0 saturated carbocycles. The van der Waals surface area contributed by atoms with Crippen molar-refractivity contribution >= 4 is 23.3 Å². The van der Waals surface area contributed by atoms with Gasteiger partial charge in [-0.25, -0.2) is 4.79 Å². The van der Waals surface area contributed by atoms with Gasteiger partial charge in [-0.2, -0.15) is 0 Å². The van der Waals surface area contributed by atoms with Crippen LogP contribution in [0.5, 0.6) is 5.75 Å². The number of nitrogens with one attached hydrogen (secondary N) is 2. The number of carbonyl (C=O) groups excluding carboxylic acids is 1. The Morgan fingerprint density at radius 3 is 2.55 bits per heavy atom. The van der Waals surface area contributed by atoms with Crippen molar-refractivity contribution in [3.05, 3.63) is 77.0 Å². The van der Waals surface area contributed by atoms with Gasteiger partial charge in [0.05, 0.1) is 24.8 Å². The van der Waals surface area contributed by atoms with E-state index in [4.69, 9.17) is 21.7 Å². The Bertz CT molecular complexity index is 896. The minimum Gasteiger partial charge on any atom is -0.493 e. The minimum atomic E-state index is -0.430. The van der Waals surface area contributed by atoms with E-state index in [1.165, 1.54) is 0 Å². The molecule has 29 heavy (non-hydrogen) atoms. The third-order valence-electron chi connectivity index (χ3n) is 4.65. The van der Waals surface area contributed by atoms with Crippen molar-refractivity contribution < 1.29 is 14.3 Å². The van der Waals surface area contributed by atoms with Gasteiger partial charge in [-0.3, -0.25) is 0 Å². The molecule has 1 atom stereocenters. The molecule has 1 aliphatic rings. The summed E-state index contributed by atoms with van der Waals surface area (Å²) in [6.45, 7) is 4.81. The molecule has 5 nitrogen and oxygen atoms in total. The van der Waals surface area contributed by atoms with Crippen molar-refractivity contribution in [1.29, 1.82) is 0 Å². The van der Waals surface area contributed by atoms with Crippen LogP contribution in [0.25, 0.3) is 0 Å². The van der Waals surface area contributed by atoms with Crippen LogP contribution in [0.2, 0.25) is 0 Å². The van der Waals surface area contributed by atoms with Gasteiger partial charge < -0.3 is 20.1 Å². The topological polar surface area (TPSA) is 59.6 Å². The minimum absolute atomic E-state index is 0.310. The Hall–Kier alpha value is -2.86. The fourth-order valence-electron chi connectivity index (χ4n) is 3.24. The van der Waals surface area contributed by atoms with E-state index in [0.29, 0.717) is 36.0 Å². The van der Waals surface area contributed by atoms with E-state index in [1.807, 2.05) is 61.5 Å². The van der Waals surface area contributed by atoms with Crippen LogP contribution >= 0.6 is 12.2 Å². The van der Waals surface area contributed by atoms with Gasteiger partial charge in [-0.15, -0.1) is 0 Å². The monoisotopic (exact) mass is 410 g/mol. The number of thiocarbonyl (C=S) groups is 1. The highest BCUT2D eigenvalue weighted by Crippen LogP contribution is 2.33. The van der Waals surface area contributed by atoms with Crippen LogP contribution in [0.4, 0.5) is 0 Å². The predicted octanol–water partition coefficient (Wildman–Crippen LogP) is 4.05. The van der Waals surface area contributed by atoms with Crippen LogP contribution in [-0.4, -0.2) is 24.3 Å². The first-order chi connectivity index (χ1) is 14.1. The number of benzene rings is 2. The molecule has 0 aromatic heterocycles. The Balaban J connectivity index is 1.80. The molecule has 0 radical (unpaired) electrons. The molecule has 152 valence electrons. The molecule has 2 aromatic carbocycles. The number of rotatable bonds is 8. The van der Waals surface area contributed by atoms with E-state index in [1.54, 1.807) is 0 Å². The normalized spacial score (nSPS) is 16.1. The van der Waals surface area contributed by atoms with Crippen LogP contribution in [-0.2, 0) is 16.0 Å². The molecule has 1 heterocycles. The number of hydrogen-bond acceptors (Lipinski definition) is 4. The lowest BCUT2D eigenvalue weighted by atomic mass is 9.95. The molecule has 6 heteroatoms. The van der Waals surface area contributed by atoms with Gasteiger partial charge in [0.2, 0.25) is 0 Å². The largest absolute Gasteiger partial charge is 0.493 e. The molecule has 0 fully saturated rings. The molecule has 0 spiro atoms. The van der Waals surface area contributed by atoms with Gasteiger partial charge in [0.25, 0.3) is 0 Å². The van der Waals surface area contributed by atoms with Crippen molar-refractivity contribution in [2.75, 3.05) is 13.2 Å². The van der Waals surface area contributed by atoms with E-state index in [2.05, 4.69) is 17.6 Å². The average molecular weight is 411 g/mol. The Morgan fingerprint density at radius 2 is 1.79 bits per heavy atom. The average Bonchev–Trinajstić information content (AvgIpc) is 2.72. The molecule has 1 aliphatic heterocycles. The van der Waals surface area contributed by atoms with Crippen LogP contribution in [0, 0.1) is 0 Å². The zero-order chi connectivity index (χ0) is 20.6. The first-order valence-electron chi connectivity index (χ1n) is 9.81. The summed E-state index contributed by atoms with van der Waals surface area (Å²) in [5, 5.41) is 6.71. The highest BCUT2D eigenvalue weighted by atomic mass is 32.1. The zero-order valence-electron chi connectivity index (χ0n) is 16.7. The number of allylic oxidation sites excluding steroid dienone is 1. The van der Waals surface area contributed by atoms with E-state index in [0.717, 1.165) is 23.3 Å². The molecular formula is C23H26N2O3S. The number of esters is 1. The molecule has 0 bridgehead atoms. The van der Waals surface area contributed by atoms with Gasteiger partial charge in [-0.1, -0.05) is 55.5 Å². The van der Waals surface area contributed by atoms with Crippen LogP contribution in [0.15, 0.2) is 65.9 Å². The number of ether oxygens (including phenoxy) is 2. The number of para-hydroxylation sites is 1. The van der Waals surface area contributed by atoms with E-state index in [9.17, 15) is 4.79 Å². The summed E-state index contributed by atoms with van der Waals surface area (Å²) in [4.78, 5) is 13.0. The van der Waals surface area contributed by atoms with Crippen LogP contribution in [0.1, 0.15) is 37.4 Å². The van der Waals surface area contributed by atoms with Gasteiger partial charge in [0.15, 0.2) is 5.11 Å². The second kappa shape index (κ2) is 10.1. The maximum Gasteiger partial charge on any atom is 0.338 e. The van der Waals surface area contributed by atoms with Crippen molar-refractivity contribution in [1.82, 2.24) is 10.6 Å². The van der Waals surface area contributed by atoms with Crippen molar-refractivity contribution in [3.8, 4) is 5.75 Å². The van der Waals surface area contributed by atoms with Gasteiger partial charge in [0.1, 0.15) is 5.75 Å². The third kappa shape index (κ3) is 5.35. The van der Waals surface area contributed by atoms with Gasteiger partial charge in [0, 0.05) is 17.7 Å². The summed E-state index contributed by atoms with van der Waals surface area (Å²) >= 11 is 5.33. The van der Waals surface area contributed by atoms with Crippen molar-refractivity contribution in [3.63, 3.8) is 0 Å². The molecule has 0 amide bonds. The summed E-state index contributed by atoms with van der Waals surface area (Å²) in [7, 11) is 0. The first-order valence-corrected chi connectivity index (χ1v) is 10.2. The molecule has 0 saturated heterocycles. The highest BCUT2D eigenvalue weighted by molar-refractivity contribution is 7.80. The van der Waals surface area contributed by atoms with Crippen LogP contribution < -0.4 is 15.4 Å². The Kier molecular flexibility index (Phi) is 7.25. The molecule has 2 N–H and O–H groups in total. The molecule has 0 aliphatic carbocycles. The van der Waals surface area contributed by atoms with Crippen molar-refractivity contribution in [2.45, 2.75) is 32.7 Å². The summed E-state index contributed by atoms with van der Waals surface area (Å²) in [6.07, 6.45) is 1.56. The quantitative estimate of drug-likeness (QED) is 0.506. The standard InChI is InChI=1S/C23H26N2O3S/c1-3-14-27-19-12-8-7-11-18(19)21-20(16(2)24-23(29)25-21)22(26)28-15-13-17-9-5-4-6-10-17/h4-12,21H,3,13-15H2,1-2H3,(H2,24,25,29)/t21-/m1/s1. The fraction of sp³-hybridized carbons (Fsp3) is 0.304. The summed E-state index contributed by atoms with van der Waals surface area (Å²) in [5.41, 5.74) is 3.19. The maximum absolute atomic E-state index is 13.0. The lowest BCUT2D eigenvalue weighted by Crippen LogP contribution is -2.45. The smallest absolute Gasteiger partial charge is 0.338 e. The molecule has 3 rings (SSSR count). The van der Waals surface area contributed by atoms with E-state index >= 15 is 0 Å². The third-order valence-corrected chi connectivity index (χ3v) is 4.87. The van der Waals surface area contributed by atoms with Crippen LogP contribution in [0.3, 0.4) is 0 Å². The predicted molar refractivity (Wildman–Crippen MR) is 118 cm³/mol. The second-order valence-corrected chi connectivity index (χ2v) is 7.24. The summed E-state index contributed by atoms with van der Waals surface area (Å²) < 4.78 is 11.5. The maximum atomic E-state index is 13.0. The Morgan fingerprint density at radius 1 is 1.07 bits per heavy atom. The van der Waals surface area contributed by atoms with E-state index in [-0.39, 0.29) is 5.97 Å². The number of carbonyl (C=O) groups is 1. The summed E-state index contributed by atoms with van der Waals surface area (Å²) in [5.74, 6) is 0.371. The molecule has 2 aromatic rings. The lowest BCUT2D eigenvalue weighted by Gasteiger charge is -2.30. The lowest BCUT2D eigenvalue weighted by molar-refractivity contribution is -0.139. The first kappa shape index (κ1) is 20.9. The second-order valence-electron chi connectivity index (χ2n) is 6.83. The SMILES string of the molecule is CCCOc1ccccc1[C@H]1NC(=S)NC(C)=C1C(=O)OCCc1ccccc1.